The van der Waals surface area contributed by atoms with Gasteiger partial charge < -0.3 is 9.84 Å². The van der Waals surface area contributed by atoms with E-state index in [1.165, 1.54) is 24.1 Å². The van der Waals surface area contributed by atoms with Crippen LogP contribution in [0.15, 0.2) is 30.6 Å². The lowest BCUT2D eigenvalue weighted by Crippen LogP contribution is -2.06. The van der Waals surface area contributed by atoms with Crippen molar-refractivity contribution in [2.45, 2.75) is 0 Å². The fraction of sp³-hybridized carbons (Fsp3) is 0.100. The molecule has 0 spiro atoms. The molecule has 16 heavy (non-hydrogen) atoms. The summed E-state index contributed by atoms with van der Waals surface area (Å²) in [5.41, 5.74) is 0.565. The molecule has 0 amide bonds. The summed E-state index contributed by atoms with van der Waals surface area (Å²) < 4.78 is 6.36. The Kier molecular flexibility index (Phi) is 2.55. The first-order valence-electron chi connectivity index (χ1n) is 4.50. The zero-order chi connectivity index (χ0) is 11.5. The van der Waals surface area contributed by atoms with Gasteiger partial charge in [-0.2, -0.15) is 0 Å². The third-order valence-electron chi connectivity index (χ3n) is 2.10. The lowest BCUT2D eigenvalue weighted by atomic mass is 10.1. The summed E-state index contributed by atoms with van der Waals surface area (Å²) in [6.07, 6.45) is 3.06. The Bertz CT molecular complexity index is 508. The maximum Gasteiger partial charge on any atom is 0.338 e. The van der Waals surface area contributed by atoms with Gasteiger partial charge >= 0.3 is 5.97 Å². The van der Waals surface area contributed by atoms with E-state index in [0.717, 1.165) is 0 Å². The smallest absolute Gasteiger partial charge is 0.338 e. The van der Waals surface area contributed by atoms with Crippen LogP contribution < -0.4 is 4.74 Å². The molecule has 82 valence electrons. The van der Waals surface area contributed by atoms with E-state index in [-0.39, 0.29) is 5.56 Å². The van der Waals surface area contributed by atoms with Crippen molar-refractivity contribution in [3.8, 4) is 11.4 Å². The molecule has 1 N–H and O–H groups in total. The Balaban J connectivity index is 2.57. The molecule has 0 radical (unpaired) electrons. The number of aromatic nitrogens is 3. The Labute approximate surface area is 91.1 Å². The van der Waals surface area contributed by atoms with Crippen molar-refractivity contribution < 1.29 is 14.6 Å². The van der Waals surface area contributed by atoms with E-state index in [4.69, 9.17) is 9.84 Å². The third kappa shape index (κ3) is 1.72. The van der Waals surface area contributed by atoms with Crippen LogP contribution in [0.2, 0.25) is 0 Å². The average Bonchev–Trinajstić information content (AvgIpc) is 2.81. The monoisotopic (exact) mass is 219 g/mol. The molecule has 0 saturated carbocycles. The van der Waals surface area contributed by atoms with E-state index in [1.807, 2.05) is 0 Å². The molecule has 0 aliphatic heterocycles. The molecule has 1 heterocycles. The number of methoxy groups -OCH3 is 1. The zero-order valence-corrected chi connectivity index (χ0v) is 8.49. The minimum Gasteiger partial charge on any atom is -0.497 e. The van der Waals surface area contributed by atoms with E-state index < -0.39 is 5.97 Å². The standard InChI is InChI=1S/C10H9N3O3/c1-16-7-2-3-9(8(6-7)10(14)15)13-5-4-11-12-13/h2-6H,1H3,(H,14,15). The van der Waals surface area contributed by atoms with Crippen molar-refractivity contribution in [3.63, 3.8) is 0 Å². The molecule has 0 saturated heterocycles. The van der Waals surface area contributed by atoms with Crippen LogP contribution in [-0.4, -0.2) is 33.2 Å². The van der Waals surface area contributed by atoms with Gasteiger partial charge in [0.1, 0.15) is 5.75 Å². The fourth-order valence-electron chi connectivity index (χ4n) is 1.35. The summed E-state index contributed by atoms with van der Waals surface area (Å²) in [6, 6.07) is 4.74. The number of rotatable bonds is 3. The van der Waals surface area contributed by atoms with Crippen molar-refractivity contribution in [3.05, 3.63) is 36.2 Å². The highest BCUT2D eigenvalue weighted by Gasteiger charge is 2.13. The SMILES string of the molecule is COc1ccc(-n2ccnn2)c(C(=O)O)c1. The molecule has 0 fully saturated rings. The van der Waals surface area contributed by atoms with Crippen LogP contribution in [0.1, 0.15) is 10.4 Å². The van der Waals surface area contributed by atoms with E-state index in [9.17, 15) is 4.79 Å². The number of carboxylic acid groups (broad SMARTS) is 1. The summed E-state index contributed by atoms with van der Waals surface area (Å²) >= 11 is 0. The highest BCUT2D eigenvalue weighted by Crippen LogP contribution is 2.20. The number of hydrogen-bond acceptors (Lipinski definition) is 4. The van der Waals surface area contributed by atoms with Crippen LogP contribution in [0.3, 0.4) is 0 Å². The third-order valence-corrected chi connectivity index (χ3v) is 2.10. The quantitative estimate of drug-likeness (QED) is 0.832. The molecule has 0 unspecified atom stereocenters. The molecule has 0 atom stereocenters. The predicted octanol–water partition coefficient (Wildman–Crippen LogP) is 0.974. The Morgan fingerprint density at radius 2 is 2.31 bits per heavy atom. The molecule has 0 aliphatic carbocycles. The van der Waals surface area contributed by atoms with Crippen LogP contribution in [0, 0.1) is 0 Å². The predicted molar refractivity (Wildman–Crippen MR) is 54.9 cm³/mol. The van der Waals surface area contributed by atoms with Crippen molar-refractivity contribution in [2.75, 3.05) is 7.11 Å². The number of ether oxygens (including phenoxy) is 1. The maximum absolute atomic E-state index is 11.1. The first kappa shape index (κ1) is 10.2. The minimum atomic E-state index is -1.04. The van der Waals surface area contributed by atoms with E-state index >= 15 is 0 Å². The van der Waals surface area contributed by atoms with Gasteiger partial charge in [-0.3, -0.25) is 0 Å². The van der Waals surface area contributed by atoms with Crippen LogP contribution >= 0.6 is 0 Å². The van der Waals surface area contributed by atoms with Gasteiger partial charge in [0.25, 0.3) is 0 Å². The van der Waals surface area contributed by atoms with Gasteiger partial charge in [-0.05, 0) is 18.2 Å². The average molecular weight is 219 g/mol. The molecule has 0 bridgehead atoms. The van der Waals surface area contributed by atoms with Gasteiger partial charge in [0.15, 0.2) is 0 Å². The summed E-state index contributed by atoms with van der Waals surface area (Å²) in [5, 5.41) is 16.4. The van der Waals surface area contributed by atoms with Crippen molar-refractivity contribution in [1.29, 1.82) is 0 Å². The van der Waals surface area contributed by atoms with E-state index in [0.29, 0.717) is 11.4 Å². The van der Waals surface area contributed by atoms with Gasteiger partial charge in [-0.15, -0.1) is 5.10 Å². The lowest BCUT2D eigenvalue weighted by Gasteiger charge is -2.07. The molecular formula is C10H9N3O3. The molecule has 1 aromatic carbocycles. The largest absolute Gasteiger partial charge is 0.497 e. The second-order valence-corrected chi connectivity index (χ2v) is 3.04. The summed E-state index contributed by atoms with van der Waals surface area (Å²) in [6.45, 7) is 0. The normalized spacial score (nSPS) is 10.1. The lowest BCUT2D eigenvalue weighted by molar-refractivity contribution is 0.0696. The zero-order valence-electron chi connectivity index (χ0n) is 8.49. The topological polar surface area (TPSA) is 77.2 Å². The maximum atomic E-state index is 11.1. The molecule has 1 aromatic heterocycles. The van der Waals surface area contributed by atoms with Crippen molar-refractivity contribution >= 4 is 5.97 Å². The molecule has 6 heteroatoms. The number of aromatic carboxylic acids is 1. The van der Waals surface area contributed by atoms with Gasteiger partial charge in [0.05, 0.1) is 30.8 Å². The van der Waals surface area contributed by atoms with E-state index in [1.54, 1.807) is 18.3 Å². The van der Waals surface area contributed by atoms with Gasteiger partial charge in [0.2, 0.25) is 0 Å². The van der Waals surface area contributed by atoms with Gasteiger partial charge in [-0.25, -0.2) is 9.48 Å². The first-order chi connectivity index (χ1) is 7.72. The molecule has 2 aromatic rings. The Morgan fingerprint density at radius 1 is 1.50 bits per heavy atom. The Morgan fingerprint density at radius 3 is 2.88 bits per heavy atom. The van der Waals surface area contributed by atoms with Crippen LogP contribution in [0.4, 0.5) is 0 Å². The highest BCUT2D eigenvalue weighted by atomic mass is 16.5. The van der Waals surface area contributed by atoms with Crippen LogP contribution in [-0.2, 0) is 0 Å². The highest BCUT2D eigenvalue weighted by molar-refractivity contribution is 5.92. The summed E-state index contributed by atoms with van der Waals surface area (Å²) in [7, 11) is 1.48. The summed E-state index contributed by atoms with van der Waals surface area (Å²) in [5.74, 6) is -0.550. The molecule has 2 rings (SSSR count). The number of hydrogen-bond donors (Lipinski definition) is 1. The fourth-order valence-corrected chi connectivity index (χ4v) is 1.35. The van der Waals surface area contributed by atoms with Crippen molar-refractivity contribution in [2.24, 2.45) is 0 Å². The van der Waals surface area contributed by atoms with Crippen LogP contribution in [0.25, 0.3) is 5.69 Å². The summed E-state index contributed by atoms with van der Waals surface area (Å²) in [4.78, 5) is 11.1. The van der Waals surface area contributed by atoms with E-state index in [2.05, 4.69) is 10.3 Å². The second kappa shape index (κ2) is 4.01. The number of nitrogens with zero attached hydrogens (tertiary/aromatic N) is 3. The first-order valence-corrected chi connectivity index (χ1v) is 4.50. The van der Waals surface area contributed by atoms with Crippen LogP contribution in [0.5, 0.6) is 5.75 Å². The molecule has 6 nitrogen and oxygen atoms in total. The van der Waals surface area contributed by atoms with Crippen molar-refractivity contribution in [1.82, 2.24) is 15.0 Å². The second-order valence-electron chi connectivity index (χ2n) is 3.04. The molecule has 0 aliphatic rings. The number of carbonyl (C=O) groups is 1. The van der Waals surface area contributed by atoms with Gasteiger partial charge in [-0.1, -0.05) is 5.21 Å². The minimum absolute atomic E-state index is 0.116. The number of benzene rings is 1. The Hall–Kier alpha value is -2.37. The molecular weight excluding hydrogens is 210 g/mol. The number of carboxylic acids is 1. The van der Waals surface area contributed by atoms with Gasteiger partial charge in [0, 0.05) is 0 Å².